The lowest BCUT2D eigenvalue weighted by atomic mass is 9.83. The van der Waals surface area contributed by atoms with E-state index in [9.17, 15) is 9.90 Å². The van der Waals surface area contributed by atoms with Crippen LogP contribution in [0.1, 0.15) is 83.1 Å². The summed E-state index contributed by atoms with van der Waals surface area (Å²) in [6, 6.07) is 0.431. The summed E-state index contributed by atoms with van der Waals surface area (Å²) in [5.74, 6) is 0.846. The molecule has 4 rings (SSSR count). The van der Waals surface area contributed by atoms with Gasteiger partial charge in [-0.1, -0.05) is 12.8 Å². The Kier molecular flexibility index (Phi) is 5.16. The van der Waals surface area contributed by atoms with Crippen LogP contribution in [0.3, 0.4) is 0 Å². The predicted molar refractivity (Wildman–Crippen MR) is 104 cm³/mol. The number of hydrogen-bond acceptors (Lipinski definition) is 5. The van der Waals surface area contributed by atoms with Crippen LogP contribution in [0.4, 0.5) is 0 Å². The number of aliphatic hydroxyl groups excluding tert-OH is 1. The Hall–Kier alpha value is -1.60. The van der Waals surface area contributed by atoms with E-state index in [-0.39, 0.29) is 5.91 Å². The van der Waals surface area contributed by atoms with Gasteiger partial charge in [-0.05, 0) is 26.7 Å². The fourth-order valence-corrected chi connectivity index (χ4v) is 4.80. The predicted octanol–water partition coefficient (Wildman–Crippen LogP) is 2.99. The van der Waals surface area contributed by atoms with Crippen LogP contribution in [0.25, 0.3) is 0 Å². The lowest BCUT2D eigenvalue weighted by molar-refractivity contribution is -0.141. The van der Waals surface area contributed by atoms with Gasteiger partial charge in [0.1, 0.15) is 17.4 Å². The largest absolute Gasteiger partial charge is 0.483 e. The molecule has 1 saturated heterocycles. The minimum atomic E-state index is -0.596. The van der Waals surface area contributed by atoms with Gasteiger partial charge in [-0.3, -0.25) is 9.48 Å². The van der Waals surface area contributed by atoms with Gasteiger partial charge in [0.25, 0.3) is 0 Å². The van der Waals surface area contributed by atoms with Crippen molar-refractivity contribution >= 4 is 5.91 Å². The lowest BCUT2D eigenvalue weighted by Gasteiger charge is -2.45. The maximum atomic E-state index is 12.6. The van der Waals surface area contributed by atoms with Crippen molar-refractivity contribution in [2.45, 2.75) is 88.6 Å². The van der Waals surface area contributed by atoms with Gasteiger partial charge < -0.3 is 19.5 Å². The summed E-state index contributed by atoms with van der Waals surface area (Å²) < 4.78 is 13.8. The fourth-order valence-electron chi connectivity index (χ4n) is 4.80. The van der Waals surface area contributed by atoms with Crippen LogP contribution in [-0.4, -0.2) is 57.1 Å². The van der Waals surface area contributed by atoms with Crippen molar-refractivity contribution in [2.24, 2.45) is 0 Å². The number of carbonyl (C=O) groups excluding carboxylic acids is 1. The van der Waals surface area contributed by atoms with Gasteiger partial charge in [0.05, 0.1) is 24.3 Å². The summed E-state index contributed by atoms with van der Waals surface area (Å²) in [6.07, 6.45) is 8.56. The molecular formula is C21H33N3O4. The van der Waals surface area contributed by atoms with Crippen LogP contribution < -0.4 is 4.74 Å². The summed E-state index contributed by atoms with van der Waals surface area (Å²) in [5.41, 5.74) is -0.172. The van der Waals surface area contributed by atoms with E-state index in [4.69, 9.17) is 9.47 Å². The molecule has 3 heterocycles. The Morgan fingerprint density at radius 1 is 1.36 bits per heavy atom. The number of aliphatic hydroxyl groups is 1. The number of carbonyl (C=O) groups is 1. The zero-order valence-electron chi connectivity index (χ0n) is 17.3. The number of hydrogen-bond donors (Lipinski definition) is 1. The van der Waals surface area contributed by atoms with E-state index < -0.39 is 17.3 Å². The summed E-state index contributed by atoms with van der Waals surface area (Å²) >= 11 is 0. The maximum absolute atomic E-state index is 12.6. The van der Waals surface area contributed by atoms with Crippen LogP contribution in [0.15, 0.2) is 6.20 Å². The number of nitrogens with zero attached hydrogens (tertiary/aromatic N) is 3. The topological polar surface area (TPSA) is 76.8 Å². The Morgan fingerprint density at radius 2 is 2.04 bits per heavy atom. The van der Waals surface area contributed by atoms with Crippen LogP contribution in [0.2, 0.25) is 0 Å². The third kappa shape index (κ3) is 3.79. The van der Waals surface area contributed by atoms with Crippen molar-refractivity contribution in [3.05, 3.63) is 11.9 Å². The van der Waals surface area contributed by atoms with Gasteiger partial charge >= 0.3 is 0 Å². The first-order chi connectivity index (χ1) is 13.3. The Morgan fingerprint density at radius 3 is 2.68 bits per heavy atom. The number of aromatic nitrogens is 2. The van der Waals surface area contributed by atoms with E-state index in [1.54, 1.807) is 7.11 Å². The van der Waals surface area contributed by atoms with E-state index in [0.29, 0.717) is 37.7 Å². The average molecular weight is 392 g/mol. The number of amides is 1. The smallest absolute Gasteiger partial charge is 0.225 e. The normalized spacial score (nSPS) is 25.0. The molecule has 0 radical (unpaired) electrons. The molecule has 28 heavy (non-hydrogen) atoms. The molecule has 1 unspecified atom stereocenters. The minimum absolute atomic E-state index is 0.118. The fraction of sp³-hybridized carbons (Fsp3) is 0.810. The number of rotatable bonds is 4. The highest BCUT2D eigenvalue weighted by Crippen LogP contribution is 2.45. The Bertz CT molecular complexity index is 715. The zero-order chi connectivity index (χ0) is 19.9. The van der Waals surface area contributed by atoms with Crippen LogP contribution in [0.5, 0.6) is 5.75 Å². The molecule has 7 heteroatoms. The van der Waals surface area contributed by atoms with Gasteiger partial charge in [-0.15, -0.1) is 0 Å². The molecule has 2 aliphatic heterocycles. The van der Waals surface area contributed by atoms with Gasteiger partial charge in [0.2, 0.25) is 5.91 Å². The van der Waals surface area contributed by atoms with Crippen molar-refractivity contribution in [1.29, 1.82) is 0 Å². The first kappa shape index (κ1) is 19.7. The second kappa shape index (κ2) is 7.34. The average Bonchev–Trinajstić information content (AvgIpc) is 3.31. The number of methoxy groups -OCH3 is 1. The van der Waals surface area contributed by atoms with Crippen molar-refractivity contribution in [1.82, 2.24) is 14.7 Å². The quantitative estimate of drug-likeness (QED) is 0.854. The number of piperidine rings is 1. The third-order valence-electron chi connectivity index (χ3n) is 6.79. The summed E-state index contributed by atoms with van der Waals surface area (Å²) in [4.78, 5) is 14.5. The third-order valence-corrected chi connectivity index (χ3v) is 6.79. The first-order valence-corrected chi connectivity index (χ1v) is 10.6. The second-order valence-electron chi connectivity index (χ2n) is 9.32. The molecule has 0 bridgehead atoms. The van der Waals surface area contributed by atoms with E-state index in [1.807, 2.05) is 29.6 Å². The standard InChI is InChI=1S/C21H33N3O4/c1-20(2,27-3)13-18(26)23-10-8-21(9-11-23)12-16(25)19-17(28-21)14-24(22-19)15-6-4-5-7-15/h14-16,25H,4-13H2,1-3H3. The van der Waals surface area contributed by atoms with E-state index in [2.05, 4.69) is 5.10 Å². The maximum Gasteiger partial charge on any atom is 0.225 e. The Balaban J connectivity index is 1.41. The van der Waals surface area contributed by atoms with Crippen molar-refractivity contribution < 1.29 is 19.4 Å². The molecule has 1 saturated carbocycles. The highest BCUT2D eigenvalue weighted by atomic mass is 16.5. The molecule has 1 spiro atoms. The SMILES string of the molecule is COC(C)(C)CC(=O)N1CCC2(CC1)CC(O)c1nn(C3CCCC3)cc1O2. The molecule has 1 amide bonds. The van der Waals surface area contributed by atoms with E-state index >= 15 is 0 Å². The molecule has 1 atom stereocenters. The number of ether oxygens (including phenoxy) is 2. The highest BCUT2D eigenvalue weighted by molar-refractivity contribution is 5.77. The summed E-state index contributed by atoms with van der Waals surface area (Å²) in [7, 11) is 1.64. The molecule has 0 aromatic carbocycles. The van der Waals surface area contributed by atoms with Crippen molar-refractivity contribution in [3.8, 4) is 5.75 Å². The molecule has 2 fully saturated rings. The molecule has 1 aromatic heterocycles. The van der Waals surface area contributed by atoms with Gasteiger partial charge in [0, 0.05) is 39.5 Å². The monoisotopic (exact) mass is 391 g/mol. The Labute approximate surface area is 167 Å². The zero-order valence-corrected chi connectivity index (χ0v) is 17.3. The van der Waals surface area contributed by atoms with Gasteiger partial charge in [-0.25, -0.2) is 0 Å². The minimum Gasteiger partial charge on any atom is -0.483 e. The van der Waals surface area contributed by atoms with E-state index in [1.165, 1.54) is 12.8 Å². The van der Waals surface area contributed by atoms with Crippen LogP contribution in [-0.2, 0) is 9.53 Å². The van der Waals surface area contributed by atoms with Crippen molar-refractivity contribution in [3.63, 3.8) is 0 Å². The highest BCUT2D eigenvalue weighted by Gasteiger charge is 2.45. The first-order valence-electron chi connectivity index (χ1n) is 10.6. The van der Waals surface area contributed by atoms with Crippen LogP contribution in [0, 0.1) is 0 Å². The molecule has 1 N–H and O–H groups in total. The summed E-state index contributed by atoms with van der Waals surface area (Å²) in [5, 5.41) is 15.4. The molecule has 3 aliphatic rings. The van der Waals surface area contributed by atoms with Crippen LogP contribution >= 0.6 is 0 Å². The van der Waals surface area contributed by atoms with Crippen molar-refractivity contribution in [2.75, 3.05) is 20.2 Å². The van der Waals surface area contributed by atoms with Gasteiger partial charge in [0.15, 0.2) is 5.75 Å². The molecule has 1 aliphatic carbocycles. The molecule has 1 aromatic rings. The van der Waals surface area contributed by atoms with Gasteiger partial charge in [-0.2, -0.15) is 5.10 Å². The number of likely N-dealkylation sites (tertiary alicyclic amines) is 1. The lowest BCUT2D eigenvalue weighted by Crippen LogP contribution is -2.52. The molecule has 156 valence electrons. The molecular weight excluding hydrogens is 358 g/mol. The summed E-state index contributed by atoms with van der Waals surface area (Å²) in [6.45, 7) is 5.16. The number of fused-ring (bicyclic) bond motifs is 1. The molecule has 7 nitrogen and oxygen atoms in total. The van der Waals surface area contributed by atoms with E-state index in [0.717, 1.165) is 31.4 Å². The second-order valence-corrected chi connectivity index (χ2v) is 9.32.